The first-order chi connectivity index (χ1) is 9.61. The van der Waals surface area contributed by atoms with Crippen LogP contribution in [0.2, 0.25) is 0 Å². The van der Waals surface area contributed by atoms with E-state index in [0.717, 1.165) is 29.0 Å². The second kappa shape index (κ2) is 6.57. The highest BCUT2D eigenvalue weighted by atomic mass is 32.1. The number of anilines is 1. The van der Waals surface area contributed by atoms with Crippen LogP contribution in [0.15, 0.2) is 30.3 Å². The van der Waals surface area contributed by atoms with E-state index in [9.17, 15) is 4.79 Å². The molecule has 2 N–H and O–H groups in total. The zero-order chi connectivity index (χ0) is 14.5. The van der Waals surface area contributed by atoms with Crippen molar-refractivity contribution in [1.29, 1.82) is 0 Å². The Kier molecular flexibility index (Phi) is 4.79. The van der Waals surface area contributed by atoms with E-state index in [1.165, 1.54) is 16.9 Å². The lowest BCUT2D eigenvalue weighted by atomic mass is 10.1. The van der Waals surface area contributed by atoms with E-state index in [-0.39, 0.29) is 0 Å². The van der Waals surface area contributed by atoms with Crippen LogP contribution in [0.1, 0.15) is 39.0 Å². The average molecular weight is 289 g/mol. The fourth-order valence-corrected chi connectivity index (χ4v) is 3.05. The Labute approximate surface area is 123 Å². The number of nitrogens with one attached hydrogen (secondary N) is 1. The molecule has 3 nitrogen and oxygen atoms in total. The van der Waals surface area contributed by atoms with Crippen LogP contribution in [0.4, 0.5) is 5.69 Å². The summed E-state index contributed by atoms with van der Waals surface area (Å²) in [5.74, 6) is -0.851. The number of rotatable bonds is 6. The third kappa shape index (κ3) is 3.39. The van der Waals surface area contributed by atoms with Gasteiger partial charge >= 0.3 is 5.97 Å². The molecule has 0 aliphatic carbocycles. The number of carbonyl (C=O) groups is 1. The predicted octanol–water partition coefficient (Wildman–Crippen LogP) is 4.32. The maximum atomic E-state index is 11.0. The van der Waals surface area contributed by atoms with Crippen molar-refractivity contribution in [1.82, 2.24) is 0 Å². The summed E-state index contributed by atoms with van der Waals surface area (Å²) in [6.45, 7) is 4.79. The summed E-state index contributed by atoms with van der Waals surface area (Å²) in [4.78, 5) is 12.4. The van der Waals surface area contributed by atoms with Crippen molar-refractivity contribution in [2.24, 2.45) is 0 Å². The Morgan fingerprint density at radius 3 is 2.70 bits per heavy atom. The second-order valence-electron chi connectivity index (χ2n) is 4.76. The topological polar surface area (TPSA) is 49.3 Å². The summed E-state index contributed by atoms with van der Waals surface area (Å²) in [5.41, 5.74) is 3.50. The van der Waals surface area contributed by atoms with Gasteiger partial charge in [0.2, 0.25) is 0 Å². The Hall–Kier alpha value is -1.81. The van der Waals surface area contributed by atoms with Crippen molar-refractivity contribution < 1.29 is 9.90 Å². The quantitative estimate of drug-likeness (QED) is 0.832. The highest BCUT2D eigenvalue weighted by molar-refractivity contribution is 7.14. The van der Waals surface area contributed by atoms with Gasteiger partial charge in [0.15, 0.2) is 0 Å². The number of hydrogen-bond acceptors (Lipinski definition) is 3. The summed E-state index contributed by atoms with van der Waals surface area (Å²) in [6.07, 6.45) is 2.16. The van der Waals surface area contributed by atoms with Crippen molar-refractivity contribution in [3.05, 3.63) is 51.2 Å². The molecule has 2 rings (SSSR count). The number of carboxylic acid groups (broad SMARTS) is 1. The molecule has 106 valence electrons. The Balaban J connectivity index is 2.11. The third-order valence-electron chi connectivity index (χ3n) is 3.24. The molecule has 1 heterocycles. The lowest BCUT2D eigenvalue weighted by Gasteiger charge is -2.11. The molecule has 0 spiro atoms. The molecule has 0 fully saturated rings. The van der Waals surface area contributed by atoms with E-state index >= 15 is 0 Å². The molecule has 2 aromatic rings. The summed E-state index contributed by atoms with van der Waals surface area (Å²) < 4.78 is 0. The van der Waals surface area contributed by atoms with Crippen LogP contribution in [0.3, 0.4) is 0 Å². The van der Waals surface area contributed by atoms with Gasteiger partial charge in [-0.1, -0.05) is 31.5 Å². The van der Waals surface area contributed by atoms with E-state index in [0.29, 0.717) is 11.4 Å². The zero-order valence-electron chi connectivity index (χ0n) is 11.8. The first-order valence-corrected chi connectivity index (χ1v) is 7.57. The van der Waals surface area contributed by atoms with E-state index in [1.807, 2.05) is 13.0 Å². The number of hydrogen-bond donors (Lipinski definition) is 2. The predicted molar refractivity (Wildman–Crippen MR) is 83.8 cm³/mol. The molecular formula is C16H19NO2S. The summed E-state index contributed by atoms with van der Waals surface area (Å²) in [5, 5.41) is 12.4. The Morgan fingerprint density at radius 2 is 2.05 bits per heavy atom. The molecule has 0 bridgehead atoms. The minimum Gasteiger partial charge on any atom is -0.477 e. The number of thiophene rings is 1. The van der Waals surface area contributed by atoms with Gasteiger partial charge < -0.3 is 10.4 Å². The standard InChI is InChI=1S/C16H19NO2S/c1-3-6-12-7-4-5-8-14(12)17-10-13-9-15(16(18)19)20-11(13)2/h4-5,7-9,17H,3,6,10H2,1-2H3,(H,18,19). The molecule has 1 aromatic carbocycles. The second-order valence-corrected chi connectivity index (χ2v) is 6.01. The molecule has 0 saturated carbocycles. The van der Waals surface area contributed by atoms with Gasteiger partial charge in [-0.3, -0.25) is 0 Å². The number of aryl methyl sites for hydroxylation is 2. The first-order valence-electron chi connectivity index (χ1n) is 6.76. The van der Waals surface area contributed by atoms with Crippen LogP contribution in [-0.4, -0.2) is 11.1 Å². The molecule has 0 aliphatic heterocycles. The van der Waals surface area contributed by atoms with Gasteiger partial charge in [0, 0.05) is 17.1 Å². The van der Waals surface area contributed by atoms with Crippen molar-refractivity contribution >= 4 is 23.0 Å². The van der Waals surface area contributed by atoms with Crippen LogP contribution in [0.25, 0.3) is 0 Å². The smallest absolute Gasteiger partial charge is 0.345 e. The SMILES string of the molecule is CCCc1ccccc1NCc1cc(C(=O)O)sc1C. The Morgan fingerprint density at radius 1 is 1.30 bits per heavy atom. The Bertz CT molecular complexity index is 604. The van der Waals surface area contributed by atoms with Gasteiger partial charge in [0.25, 0.3) is 0 Å². The number of carboxylic acids is 1. The normalized spacial score (nSPS) is 10.5. The molecule has 4 heteroatoms. The minimum absolute atomic E-state index is 0.404. The van der Waals surface area contributed by atoms with Gasteiger partial charge in [0.1, 0.15) is 4.88 Å². The lowest BCUT2D eigenvalue weighted by molar-refractivity contribution is 0.0702. The highest BCUT2D eigenvalue weighted by Crippen LogP contribution is 2.24. The van der Waals surface area contributed by atoms with Gasteiger partial charge in [-0.2, -0.15) is 0 Å². The van der Waals surface area contributed by atoms with Crippen LogP contribution < -0.4 is 5.32 Å². The number of para-hydroxylation sites is 1. The highest BCUT2D eigenvalue weighted by Gasteiger charge is 2.11. The lowest BCUT2D eigenvalue weighted by Crippen LogP contribution is -2.02. The third-order valence-corrected chi connectivity index (χ3v) is 4.32. The largest absolute Gasteiger partial charge is 0.477 e. The molecule has 1 aromatic heterocycles. The molecular weight excluding hydrogens is 270 g/mol. The summed E-state index contributed by atoms with van der Waals surface area (Å²) in [6, 6.07) is 10.0. The molecule has 0 amide bonds. The number of aromatic carboxylic acids is 1. The summed E-state index contributed by atoms with van der Waals surface area (Å²) >= 11 is 1.33. The van der Waals surface area contributed by atoms with E-state index in [1.54, 1.807) is 6.07 Å². The first kappa shape index (κ1) is 14.6. The number of benzene rings is 1. The van der Waals surface area contributed by atoms with Crippen LogP contribution >= 0.6 is 11.3 Å². The van der Waals surface area contributed by atoms with Crippen molar-refractivity contribution in [2.75, 3.05) is 5.32 Å². The van der Waals surface area contributed by atoms with Gasteiger partial charge in [-0.05, 0) is 36.6 Å². The van der Waals surface area contributed by atoms with E-state index in [2.05, 4.69) is 30.4 Å². The van der Waals surface area contributed by atoms with Crippen molar-refractivity contribution in [3.63, 3.8) is 0 Å². The average Bonchev–Trinajstić information content (AvgIpc) is 2.80. The van der Waals surface area contributed by atoms with Gasteiger partial charge in [0.05, 0.1) is 0 Å². The fraction of sp³-hybridized carbons (Fsp3) is 0.312. The maximum Gasteiger partial charge on any atom is 0.345 e. The molecule has 0 unspecified atom stereocenters. The zero-order valence-corrected chi connectivity index (χ0v) is 12.6. The van der Waals surface area contributed by atoms with Gasteiger partial charge in [-0.25, -0.2) is 4.79 Å². The van der Waals surface area contributed by atoms with E-state index in [4.69, 9.17) is 5.11 Å². The van der Waals surface area contributed by atoms with E-state index < -0.39 is 5.97 Å². The van der Waals surface area contributed by atoms with Crippen LogP contribution in [0, 0.1) is 6.92 Å². The molecule has 0 saturated heterocycles. The van der Waals surface area contributed by atoms with Crippen LogP contribution in [0.5, 0.6) is 0 Å². The van der Waals surface area contributed by atoms with Crippen LogP contribution in [-0.2, 0) is 13.0 Å². The molecule has 0 atom stereocenters. The molecule has 0 aliphatic rings. The molecule has 0 radical (unpaired) electrons. The molecule has 20 heavy (non-hydrogen) atoms. The maximum absolute atomic E-state index is 11.0. The van der Waals surface area contributed by atoms with Crippen molar-refractivity contribution in [2.45, 2.75) is 33.2 Å². The van der Waals surface area contributed by atoms with Crippen molar-refractivity contribution in [3.8, 4) is 0 Å². The summed E-state index contributed by atoms with van der Waals surface area (Å²) in [7, 11) is 0. The van der Waals surface area contributed by atoms with Gasteiger partial charge in [-0.15, -0.1) is 11.3 Å². The minimum atomic E-state index is -0.851. The fourth-order valence-electron chi connectivity index (χ4n) is 2.17. The monoisotopic (exact) mass is 289 g/mol.